The Kier molecular flexibility index (Phi) is 6.67. The van der Waals surface area contributed by atoms with Gasteiger partial charge in [0.25, 0.3) is 5.69 Å². The van der Waals surface area contributed by atoms with Gasteiger partial charge in [0, 0.05) is 17.8 Å². The summed E-state index contributed by atoms with van der Waals surface area (Å²) in [5.74, 6) is 1.37. The van der Waals surface area contributed by atoms with Crippen molar-refractivity contribution in [3.05, 3.63) is 58.6 Å². The van der Waals surface area contributed by atoms with Crippen molar-refractivity contribution in [1.82, 2.24) is 0 Å². The predicted octanol–water partition coefficient (Wildman–Crippen LogP) is 0.748. The van der Waals surface area contributed by atoms with E-state index >= 15 is 0 Å². The molecule has 3 rings (SSSR count). The summed E-state index contributed by atoms with van der Waals surface area (Å²) in [6, 6.07) is 13.9. The normalized spacial score (nSPS) is 15.9. The molecule has 0 amide bonds. The van der Waals surface area contributed by atoms with Crippen molar-refractivity contribution in [2.45, 2.75) is 6.10 Å². The van der Waals surface area contributed by atoms with E-state index in [9.17, 15) is 15.2 Å². The zero-order chi connectivity index (χ0) is 19.9. The van der Waals surface area contributed by atoms with Crippen molar-refractivity contribution < 1.29 is 24.4 Å². The topological polar surface area (TPSA) is 89.5 Å². The zero-order valence-electron chi connectivity index (χ0n) is 15.9. The fourth-order valence-corrected chi connectivity index (χ4v) is 3.33. The fourth-order valence-electron chi connectivity index (χ4n) is 3.33. The van der Waals surface area contributed by atoms with Gasteiger partial charge < -0.3 is 24.4 Å². The third-order valence-corrected chi connectivity index (χ3v) is 4.92. The van der Waals surface area contributed by atoms with Crippen molar-refractivity contribution in [2.75, 3.05) is 51.3 Å². The number of non-ortho nitro benzene ring substituents is 1. The van der Waals surface area contributed by atoms with Crippen LogP contribution in [0.2, 0.25) is 0 Å². The quantitative estimate of drug-likeness (QED) is 0.512. The van der Waals surface area contributed by atoms with Crippen LogP contribution < -0.4 is 19.3 Å². The summed E-state index contributed by atoms with van der Waals surface area (Å²) in [5, 5.41) is 20.9. The number of hydrogen-bond donors (Lipinski definition) is 2. The Morgan fingerprint density at radius 2 is 1.71 bits per heavy atom. The lowest BCUT2D eigenvalue weighted by Gasteiger charge is -2.34. The molecule has 1 aliphatic heterocycles. The maximum Gasteiger partial charge on any atom is 0.269 e. The van der Waals surface area contributed by atoms with Gasteiger partial charge in [-0.25, -0.2) is 0 Å². The number of nitro groups is 1. The van der Waals surface area contributed by atoms with E-state index in [-0.39, 0.29) is 12.3 Å². The van der Waals surface area contributed by atoms with E-state index in [4.69, 9.17) is 9.47 Å². The van der Waals surface area contributed by atoms with E-state index in [0.29, 0.717) is 12.3 Å². The van der Waals surface area contributed by atoms with E-state index in [2.05, 4.69) is 17.0 Å². The van der Waals surface area contributed by atoms with Gasteiger partial charge in [-0.3, -0.25) is 10.1 Å². The Morgan fingerprint density at radius 3 is 2.29 bits per heavy atom. The summed E-state index contributed by atoms with van der Waals surface area (Å²) in [4.78, 5) is 13.9. The minimum Gasteiger partial charge on any atom is -0.497 e. The highest BCUT2D eigenvalue weighted by molar-refractivity contribution is 5.49. The van der Waals surface area contributed by atoms with Gasteiger partial charge in [-0.05, 0) is 36.4 Å². The number of quaternary nitrogens is 1. The first-order valence-corrected chi connectivity index (χ1v) is 9.33. The van der Waals surface area contributed by atoms with Crippen LogP contribution in [0.1, 0.15) is 0 Å². The third-order valence-electron chi connectivity index (χ3n) is 4.92. The van der Waals surface area contributed by atoms with Crippen LogP contribution in [0.4, 0.5) is 11.4 Å². The summed E-state index contributed by atoms with van der Waals surface area (Å²) in [6.07, 6.45) is -0.585. The van der Waals surface area contributed by atoms with Crippen LogP contribution in [0.5, 0.6) is 11.5 Å². The summed E-state index contributed by atoms with van der Waals surface area (Å²) >= 11 is 0. The van der Waals surface area contributed by atoms with Gasteiger partial charge in [-0.1, -0.05) is 0 Å². The van der Waals surface area contributed by atoms with Crippen molar-refractivity contribution >= 4 is 11.4 Å². The van der Waals surface area contributed by atoms with Gasteiger partial charge in [0.2, 0.25) is 0 Å². The van der Waals surface area contributed by atoms with Crippen molar-refractivity contribution in [2.24, 2.45) is 0 Å². The molecular weight excluding hydrogens is 362 g/mol. The molecule has 1 saturated heterocycles. The van der Waals surface area contributed by atoms with Gasteiger partial charge in [0.05, 0.1) is 38.2 Å². The zero-order valence-corrected chi connectivity index (χ0v) is 15.9. The Balaban J connectivity index is 1.40. The Bertz CT molecular complexity index is 758. The predicted molar refractivity (Wildman–Crippen MR) is 105 cm³/mol. The molecule has 1 fully saturated rings. The van der Waals surface area contributed by atoms with Gasteiger partial charge in [0.1, 0.15) is 30.8 Å². The maximum atomic E-state index is 10.7. The van der Waals surface area contributed by atoms with Gasteiger partial charge in [-0.15, -0.1) is 0 Å². The summed E-state index contributed by atoms with van der Waals surface area (Å²) in [6.45, 7) is 4.53. The first kappa shape index (κ1) is 19.9. The number of aliphatic hydroxyl groups is 1. The molecule has 2 aromatic carbocycles. The molecule has 2 aromatic rings. The molecule has 2 N–H and O–H groups in total. The minimum atomic E-state index is -0.585. The number of anilines is 1. The van der Waals surface area contributed by atoms with Crippen LogP contribution in [-0.2, 0) is 0 Å². The van der Waals surface area contributed by atoms with Crippen LogP contribution in [0.15, 0.2) is 48.5 Å². The number of rotatable bonds is 8. The standard InChI is InChI=1S/C20H25N3O5/c1-27-19-6-2-16(3-7-19)22-12-10-21(11-13-22)14-18(24)15-28-20-8-4-17(5-9-20)23(25)26/h2-9,18,24H,10-15H2,1H3/p+1. The second-order valence-corrected chi connectivity index (χ2v) is 6.86. The first-order valence-electron chi connectivity index (χ1n) is 9.33. The summed E-state index contributed by atoms with van der Waals surface area (Å²) < 4.78 is 10.7. The molecule has 0 radical (unpaired) electrons. The average Bonchev–Trinajstić information content (AvgIpc) is 2.73. The van der Waals surface area contributed by atoms with Crippen LogP contribution in [0.25, 0.3) is 0 Å². The molecule has 8 heteroatoms. The second kappa shape index (κ2) is 9.38. The fraction of sp³-hybridized carbons (Fsp3) is 0.400. The SMILES string of the molecule is COc1ccc(N2CC[NH+](CC(O)COc3ccc([N+](=O)[O-])cc3)CC2)cc1. The number of benzene rings is 2. The number of aliphatic hydroxyl groups excluding tert-OH is 1. The smallest absolute Gasteiger partial charge is 0.269 e. The monoisotopic (exact) mass is 388 g/mol. The van der Waals surface area contributed by atoms with Gasteiger partial charge >= 0.3 is 0 Å². The molecule has 0 saturated carbocycles. The molecule has 8 nitrogen and oxygen atoms in total. The Labute approximate surface area is 164 Å². The van der Waals surface area contributed by atoms with E-state index < -0.39 is 11.0 Å². The van der Waals surface area contributed by atoms with Crippen LogP contribution in [0, 0.1) is 10.1 Å². The number of nitrogens with zero attached hydrogens (tertiary/aromatic N) is 2. The van der Waals surface area contributed by atoms with E-state index in [1.54, 1.807) is 19.2 Å². The Morgan fingerprint density at radius 1 is 1.11 bits per heavy atom. The lowest BCUT2D eigenvalue weighted by Crippen LogP contribution is -3.16. The number of piperazine rings is 1. The highest BCUT2D eigenvalue weighted by Gasteiger charge is 2.23. The molecule has 1 atom stereocenters. The Hall–Kier alpha value is -2.84. The lowest BCUT2D eigenvalue weighted by molar-refractivity contribution is -0.903. The molecule has 28 heavy (non-hydrogen) atoms. The van der Waals surface area contributed by atoms with Gasteiger partial charge in [-0.2, -0.15) is 0 Å². The molecule has 1 heterocycles. The molecule has 1 aliphatic rings. The highest BCUT2D eigenvalue weighted by Crippen LogP contribution is 2.19. The number of nitrogens with one attached hydrogen (secondary N) is 1. The maximum absolute atomic E-state index is 10.7. The molecule has 0 aromatic heterocycles. The van der Waals surface area contributed by atoms with Crippen molar-refractivity contribution in [1.29, 1.82) is 0 Å². The molecule has 0 bridgehead atoms. The number of ether oxygens (including phenoxy) is 2. The first-order chi connectivity index (χ1) is 13.5. The summed E-state index contributed by atoms with van der Waals surface area (Å²) in [7, 11) is 1.66. The van der Waals surface area contributed by atoms with Gasteiger partial charge in [0.15, 0.2) is 0 Å². The van der Waals surface area contributed by atoms with Crippen LogP contribution in [0.3, 0.4) is 0 Å². The highest BCUT2D eigenvalue weighted by atomic mass is 16.6. The molecule has 150 valence electrons. The second-order valence-electron chi connectivity index (χ2n) is 6.86. The molecule has 1 unspecified atom stereocenters. The average molecular weight is 388 g/mol. The number of methoxy groups -OCH3 is 1. The third kappa shape index (κ3) is 5.34. The summed E-state index contributed by atoms with van der Waals surface area (Å²) in [5.41, 5.74) is 1.20. The molecular formula is C20H26N3O5+. The van der Waals surface area contributed by atoms with Crippen molar-refractivity contribution in [3.63, 3.8) is 0 Å². The molecule has 0 aliphatic carbocycles. The van der Waals surface area contributed by atoms with E-state index in [0.717, 1.165) is 31.9 Å². The van der Waals surface area contributed by atoms with Crippen LogP contribution in [-0.4, -0.2) is 62.6 Å². The number of nitro benzene ring substituents is 1. The van der Waals surface area contributed by atoms with Crippen molar-refractivity contribution in [3.8, 4) is 11.5 Å². The largest absolute Gasteiger partial charge is 0.497 e. The van der Waals surface area contributed by atoms with Crippen LogP contribution >= 0.6 is 0 Å². The number of hydrogen-bond acceptors (Lipinski definition) is 6. The van der Waals surface area contributed by atoms with E-state index in [1.807, 2.05) is 12.1 Å². The molecule has 0 spiro atoms. The minimum absolute atomic E-state index is 0.0204. The lowest BCUT2D eigenvalue weighted by atomic mass is 10.2. The van der Waals surface area contributed by atoms with E-state index in [1.165, 1.54) is 22.7 Å².